The molecule has 0 saturated carbocycles. The zero-order valence-electron chi connectivity index (χ0n) is 10.0. The Morgan fingerprint density at radius 1 is 1.40 bits per heavy atom. The first-order valence-electron chi connectivity index (χ1n) is 6.31. The molecule has 15 heavy (non-hydrogen) atoms. The summed E-state index contributed by atoms with van der Waals surface area (Å²) in [5.41, 5.74) is 0. The third-order valence-electron chi connectivity index (χ3n) is 3.72. The van der Waals surface area contributed by atoms with Crippen molar-refractivity contribution in [2.45, 2.75) is 49.9 Å². The fraction of sp³-hybridized carbons (Fsp3) is 1.00. The summed E-state index contributed by atoms with van der Waals surface area (Å²) < 4.78 is 0. The van der Waals surface area contributed by atoms with E-state index in [1.165, 1.54) is 44.5 Å². The quantitative estimate of drug-likeness (QED) is 0.795. The Labute approximate surface area is 98.2 Å². The molecule has 2 nitrogen and oxygen atoms in total. The molecule has 0 aliphatic carbocycles. The molecule has 2 aliphatic rings. The van der Waals surface area contributed by atoms with Crippen LogP contribution in [-0.4, -0.2) is 48.1 Å². The van der Waals surface area contributed by atoms with Crippen LogP contribution in [0.5, 0.6) is 0 Å². The highest BCUT2D eigenvalue weighted by molar-refractivity contribution is 8.00. The van der Waals surface area contributed by atoms with Crippen LogP contribution in [0.15, 0.2) is 0 Å². The zero-order valence-corrected chi connectivity index (χ0v) is 10.9. The molecule has 2 aliphatic heterocycles. The van der Waals surface area contributed by atoms with Crippen molar-refractivity contribution in [2.75, 3.05) is 25.9 Å². The summed E-state index contributed by atoms with van der Waals surface area (Å²) in [5, 5.41) is 4.51. The number of hydrogen-bond acceptors (Lipinski definition) is 3. The minimum atomic E-state index is 0.754. The van der Waals surface area contributed by atoms with Crippen molar-refractivity contribution in [3.8, 4) is 0 Å². The number of nitrogens with zero attached hydrogens (tertiary/aromatic N) is 1. The topological polar surface area (TPSA) is 15.3 Å². The summed E-state index contributed by atoms with van der Waals surface area (Å²) in [6.07, 6.45) is 5.55. The Morgan fingerprint density at radius 3 is 2.87 bits per heavy atom. The summed E-state index contributed by atoms with van der Waals surface area (Å²) >= 11 is 2.13. The molecule has 0 aromatic rings. The molecule has 0 radical (unpaired) electrons. The predicted molar refractivity (Wildman–Crippen MR) is 68.6 cm³/mol. The summed E-state index contributed by atoms with van der Waals surface area (Å²) in [7, 11) is 2.31. The van der Waals surface area contributed by atoms with E-state index >= 15 is 0 Å². The molecule has 0 bridgehead atoms. The second-order valence-corrected chi connectivity index (χ2v) is 6.59. The molecule has 88 valence electrons. The Kier molecular flexibility index (Phi) is 4.35. The molecule has 2 saturated heterocycles. The van der Waals surface area contributed by atoms with Crippen molar-refractivity contribution in [3.05, 3.63) is 0 Å². The van der Waals surface area contributed by atoms with Gasteiger partial charge in [-0.1, -0.05) is 13.3 Å². The molecule has 0 aromatic carbocycles. The van der Waals surface area contributed by atoms with Gasteiger partial charge in [-0.05, 0) is 32.9 Å². The van der Waals surface area contributed by atoms with Crippen molar-refractivity contribution in [2.24, 2.45) is 0 Å². The Bertz CT molecular complexity index is 192. The first-order chi connectivity index (χ1) is 7.25. The molecule has 0 aromatic heterocycles. The van der Waals surface area contributed by atoms with Gasteiger partial charge in [-0.2, -0.15) is 11.8 Å². The number of rotatable bonds is 3. The van der Waals surface area contributed by atoms with E-state index in [1.807, 2.05) is 0 Å². The minimum absolute atomic E-state index is 0.754. The number of likely N-dealkylation sites (N-methyl/N-ethyl adjacent to an activating group) is 1. The molecular weight excluding hydrogens is 204 g/mol. The maximum absolute atomic E-state index is 3.64. The van der Waals surface area contributed by atoms with Crippen LogP contribution in [-0.2, 0) is 0 Å². The third-order valence-corrected chi connectivity index (χ3v) is 5.06. The molecule has 0 spiro atoms. The van der Waals surface area contributed by atoms with E-state index in [1.54, 1.807) is 0 Å². The summed E-state index contributed by atoms with van der Waals surface area (Å²) in [5.74, 6) is 1.34. The third kappa shape index (κ3) is 3.36. The molecular formula is C12H24N2S. The first-order valence-corrected chi connectivity index (χ1v) is 7.36. The van der Waals surface area contributed by atoms with Crippen molar-refractivity contribution in [1.82, 2.24) is 10.2 Å². The van der Waals surface area contributed by atoms with E-state index in [9.17, 15) is 0 Å². The van der Waals surface area contributed by atoms with E-state index in [-0.39, 0.29) is 0 Å². The Balaban J connectivity index is 1.73. The minimum Gasteiger partial charge on any atom is -0.313 e. The monoisotopic (exact) mass is 228 g/mol. The van der Waals surface area contributed by atoms with Gasteiger partial charge in [-0.3, -0.25) is 0 Å². The van der Waals surface area contributed by atoms with Gasteiger partial charge < -0.3 is 10.2 Å². The number of hydrogen-bond donors (Lipinski definition) is 1. The molecule has 3 unspecified atom stereocenters. The molecule has 3 heteroatoms. The smallest absolute Gasteiger partial charge is 0.0195 e. The maximum atomic E-state index is 3.64. The summed E-state index contributed by atoms with van der Waals surface area (Å²) in [6, 6.07) is 1.58. The largest absolute Gasteiger partial charge is 0.313 e. The Morgan fingerprint density at radius 2 is 2.27 bits per heavy atom. The number of piperidine rings is 1. The number of thioether (sulfide) groups is 1. The highest BCUT2D eigenvalue weighted by Crippen LogP contribution is 2.29. The molecule has 2 heterocycles. The van der Waals surface area contributed by atoms with E-state index < -0.39 is 0 Å². The second kappa shape index (κ2) is 5.55. The lowest BCUT2D eigenvalue weighted by atomic mass is 10.0. The highest BCUT2D eigenvalue weighted by atomic mass is 32.2. The fourth-order valence-corrected chi connectivity index (χ4v) is 3.98. The lowest BCUT2D eigenvalue weighted by Gasteiger charge is -2.31. The van der Waals surface area contributed by atoms with Crippen molar-refractivity contribution < 1.29 is 0 Å². The van der Waals surface area contributed by atoms with Gasteiger partial charge in [0, 0.05) is 29.6 Å². The molecule has 2 rings (SSSR count). The van der Waals surface area contributed by atoms with Gasteiger partial charge in [-0.25, -0.2) is 0 Å². The second-order valence-electron chi connectivity index (χ2n) is 5.12. The first kappa shape index (κ1) is 11.7. The van der Waals surface area contributed by atoms with Crippen LogP contribution in [0.1, 0.15) is 32.6 Å². The van der Waals surface area contributed by atoms with E-state index in [0.29, 0.717) is 0 Å². The van der Waals surface area contributed by atoms with Gasteiger partial charge in [0.05, 0.1) is 0 Å². The van der Waals surface area contributed by atoms with Crippen LogP contribution in [0.25, 0.3) is 0 Å². The van der Waals surface area contributed by atoms with Crippen molar-refractivity contribution >= 4 is 11.8 Å². The average molecular weight is 228 g/mol. The SMILES string of the molecule is CC1CC(N(C)CC2CCCCN2)CS1. The van der Waals surface area contributed by atoms with Crippen LogP contribution in [0.2, 0.25) is 0 Å². The van der Waals surface area contributed by atoms with Crippen LogP contribution < -0.4 is 5.32 Å². The Hall–Kier alpha value is 0.270. The predicted octanol–water partition coefficient (Wildman–Crippen LogP) is 1.95. The van der Waals surface area contributed by atoms with Gasteiger partial charge in [0.15, 0.2) is 0 Å². The van der Waals surface area contributed by atoms with E-state index in [4.69, 9.17) is 0 Å². The van der Waals surface area contributed by atoms with Gasteiger partial charge in [0.1, 0.15) is 0 Å². The number of nitrogens with one attached hydrogen (secondary N) is 1. The highest BCUT2D eigenvalue weighted by Gasteiger charge is 2.26. The van der Waals surface area contributed by atoms with Crippen LogP contribution in [0.4, 0.5) is 0 Å². The van der Waals surface area contributed by atoms with Crippen LogP contribution in [0, 0.1) is 0 Å². The summed E-state index contributed by atoms with van der Waals surface area (Å²) in [6.45, 7) is 4.84. The average Bonchev–Trinajstić information content (AvgIpc) is 2.66. The van der Waals surface area contributed by atoms with E-state index in [0.717, 1.165) is 17.3 Å². The van der Waals surface area contributed by atoms with Gasteiger partial charge in [0.25, 0.3) is 0 Å². The molecule has 1 N–H and O–H groups in total. The lowest BCUT2D eigenvalue weighted by Crippen LogP contribution is -2.45. The molecule has 2 fully saturated rings. The van der Waals surface area contributed by atoms with Crippen LogP contribution >= 0.6 is 11.8 Å². The van der Waals surface area contributed by atoms with Gasteiger partial charge >= 0.3 is 0 Å². The zero-order chi connectivity index (χ0) is 10.7. The molecule has 3 atom stereocenters. The lowest BCUT2D eigenvalue weighted by molar-refractivity contribution is 0.213. The molecule has 0 amide bonds. The van der Waals surface area contributed by atoms with Gasteiger partial charge in [-0.15, -0.1) is 0 Å². The maximum Gasteiger partial charge on any atom is 0.0195 e. The van der Waals surface area contributed by atoms with Crippen LogP contribution in [0.3, 0.4) is 0 Å². The fourth-order valence-electron chi connectivity index (χ4n) is 2.68. The van der Waals surface area contributed by atoms with Crippen molar-refractivity contribution in [1.29, 1.82) is 0 Å². The summed E-state index contributed by atoms with van der Waals surface area (Å²) in [4.78, 5) is 2.58. The van der Waals surface area contributed by atoms with Gasteiger partial charge in [0.2, 0.25) is 0 Å². The standard InChI is InChI=1S/C12H24N2S/c1-10-7-12(9-15-10)14(2)8-11-5-3-4-6-13-11/h10-13H,3-9H2,1-2H3. The van der Waals surface area contributed by atoms with E-state index in [2.05, 4.69) is 35.9 Å². The normalized spacial score (nSPS) is 37.4. The van der Waals surface area contributed by atoms with Crippen molar-refractivity contribution in [3.63, 3.8) is 0 Å².